The van der Waals surface area contributed by atoms with Gasteiger partial charge in [0.25, 0.3) is 17.7 Å². The van der Waals surface area contributed by atoms with Crippen LogP contribution in [0.2, 0.25) is 0 Å². The van der Waals surface area contributed by atoms with E-state index in [0.29, 0.717) is 58.4 Å². The number of hydrogen-bond acceptors (Lipinski definition) is 9. The summed E-state index contributed by atoms with van der Waals surface area (Å²) in [6.07, 6.45) is 4.37. The van der Waals surface area contributed by atoms with Crippen molar-refractivity contribution in [2.75, 3.05) is 72.1 Å². The molecule has 0 atom stereocenters. The fourth-order valence-corrected chi connectivity index (χ4v) is 4.26. The molecule has 51 heavy (non-hydrogen) atoms. The third kappa shape index (κ3) is 19.2. The quantitative estimate of drug-likeness (QED) is 0.0856. The van der Waals surface area contributed by atoms with Gasteiger partial charge in [-0.3, -0.25) is 33.6 Å². The monoisotopic (exact) mass is 719 g/mol. The van der Waals surface area contributed by atoms with Crippen LogP contribution in [0.15, 0.2) is 18.2 Å². The summed E-state index contributed by atoms with van der Waals surface area (Å²) in [5.41, 5.74) is 0.128. The van der Waals surface area contributed by atoms with Crippen molar-refractivity contribution >= 4 is 41.4 Å². The predicted octanol–water partition coefficient (Wildman–Crippen LogP) is 0.736. The minimum atomic E-state index is -0.651. The third-order valence-corrected chi connectivity index (χ3v) is 7.01. The number of hydrogen-bond donors (Lipinski definition) is 5. The van der Waals surface area contributed by atoms with Crippen LogP contribution in [0.25, 0.3) is 0 Å². The molecule has 0 bridgehead atoms. The molecule has 0 fully saturated rings. The Morgan fingerprint density at radius 3 is 1.16 bits per heavy atom. The highest BCUT2D eigenvalue weighted by Crippen LogP contribution is 2.24. The SMILES string of the molecule is CCCCNC(=O)c1cc(OCC(=O)N(CC(=O)NCCC)CC(=O)NCCC)cc(OCC(=O)N(CC(=O)NCCC)CC(=O)NCCC)c1. The van der Waals surface area contributed by atoms with Gasteiger partial charge < -0.3 is 45.9 Å². The molecule has 0 aromatic heterocycles. The number of benzene rings is 1. The summed E-state index contributed by atoms with van der Waals surface area (Å²) in [6.45, 7) is 9.00. The predicted molar refractivity (Wildman–Crippen MR) is 191 cm³/mol. The lowest BCUT2D eigenvalue weighted by molar-refractivity contribution is -0.140. The Bertz CT molecular complexity index is 1170. The lowest BCUT2D eigenvalue weighted by Gasteiger charge is -2.22. The number of nitrogens with one attached hydrogen (secondary N) is 5. The molecule has 16 heteroatoms. The molecule has 0 saturated heterocycles. The van der Waals surface area contributed by atoms with Gasteiger partial charge in [0, 0.05) is 44.4 Å². The number of carbonyl (C=O) groups is 7. The molecule has 7 amide bonds. The highest BCUT2D eigenvalue weighted by atomic mass is 16.5. The molecule has 0 aliphatic rings. The lowest BCUT2D eigenvalue weighted by atomic mass is 10.2. The van der Waals surface area contributed by atoms with Crippen LogP contribution in [0.4, 0.5) is 0 Å². The second-order valence-corrected chi connectivity index (χ2v) is 11.8. The van der Waals surface area contributed by atoms with Gasteiger partial charge in [0.05, 0.1) is 0 Å². The van der Waals surface area contributed by atoms with E-state index in [-0.39, 0.29) is 43.2 Å². The van der Waals surface area contributed by atoms with Crippen LogP contribution in [-0.2, 0) is 28.8 Å². The van der Waals surface area contributed by atoms with Crippen molar-refractivity contribution in [3.8, 4) is 11.5 Å². The zero-order valence-electron chi connectivity index (χ0n) is 30.8. The van der Waals surface area contributed by atoms with E-state index in [1.165, 1.54) is 18.2 Å². The topological polar surface area (TPSA) is 205 Å². The molecule has 0 aliphatic heterocycles. The molecule has 0 unspecified atom stereocenters. The summed E-state index contributed by atoms with van der Waals surface area (Å²) in [7, 11) is 0. The Morgan fingerprint density at radius 2 is 0.843 bits per heavy atom. The van der Waals surface area contributed by atoms with Crippen molar-refractivity contribution in [1.82, 2.24) is 36.4 Å². The molecular formula is C35H57N7O9. The van der Waals surface area contributed by atoms with Crippen LogP contribution in [0.1, 0.15) is 83.5 Å². The molecular weight excluding hydrogens is 662 g/mol. The first-order valence-corrected chi connectivity index (χ1v) is 17.8. The van der Waals surface area contributed by atoms with E-state index in [9.17, 15) is 33.6 Å². The van der Waals surface area contributed by atoms with Crippen molar-refractivity contribution in [3.05, 3.63) is 23.8 Å². The maximum atomic E-state index is 13.2. The molecule has 0 heterocycles. The third-order valence-electron chi connectivity index (χ3n) is 7.01. The summed E-state index contributed by atoms with van der Waals surface area (Å²) < 4.78 is 11.5. The molecule has 16 nitrogen and oxygen atoms in total. The largest absolute Gasteiger partial charge is 0.484 e. The summed E-state index contributed by atoms with van der Waals surface area (Å²) in [5.74, 6) is -3.37. The van der Waals surface area contributed by atoms with Crippen LogP contribution in [0, 0.1) is 0 Å². The molecule has 286 valence electrons. The van der Waals surface area contributed by atoms with E-state index in [0.717, 1.165) is 22.6 Å². The number of carbonyl (C=O) groups excluding carboxylic acids is 7. The van der Waals surface area contributed by atoms with Gasteiger partial charge >= 0.3 is 0 Å². The molecule has 0 radical (unpaired) electrons. The van der Waals surface area contributed by atoms with Gasteiger partial charge in [0.15, 0.2) is 13.2 Å². The average molecular weight is 720 g/mol. The summed E-state index contributed by atoms with van der Waals surface area (Å²) in [6, 6.07) is 4.18. The van der Waals surface area contributed by atoms with Crippen LogP contribution in [0.5, 0.6) is 11.5 Å². The van der Waals surface area contributed by atoms with Gasteiger partial charge in [-0.25, -0.2) is 0 Å². The van der Waals surface area contributed by atoms with E-state index in [2.05, 4.69) is 26.6 Å². The Balaban J connectivity index is 3.22. The van der Waals surface area contributed by atoms with Gasteiger partial charge in [-0.05, 0) is 44.2 Å². The highest BCUT2D eigenvalue weighted by molar-refractivity contribution is 5.95. The van der Waals surface area contributed by atoms with E-state index >= 15 is 0 Å². The first kappa shape index (κ1) is 44.1. The van der Waals surface area contributed by atoms with E-state index in [1.54, 1.807) is 0 Å². The standard InChI is InChI=1S/C35H57N7O9/c1-6-11-16-40-35(49)26-17-27(50-24-33(47)41(20-29(43)36-12-7-2)21-30(44)37-13-8-3)19-28(18-26)51-25-34(48)42(22-31(45)38-14-9-4)23-32(46)39-15-10-5/h17-19H,6-16,20-25H2,1-5H3,(H,36,43)(H,37,44)(H,38,45)(H,39,46)(H,40,49). The van der Waals surface area contributed by atoms with Gasteiger partial charge in [0.2, 0.25) is 23.6 Å². The Kier molecular flexibility index (Phi) is 22.5. The lowest BCUT2D eigenvalue weighted by Crippen LogP contribution is -2.47. The van der Waals surface area contributed by atoms with Crippen molar-refractivity contribution in [2.24, 2.45) is 0 Å². The normalized spacial score (nSPS) is 10.4. The fourth-order valence-electron chi connectivity index (χ4n) is 4.26. The number of unbranched alkanes of at least 4 members (excludes halogenated alkanes) is 1. The summed E-state index contributed by atoms with van der Waals surface area (Å²) in [5, 5.41) is 13.5. The van der Waals surface area contributed by atoms with Gasteiger partial charge in [-0.2, -0.15) is 0 Å². The van der Waals surface area contributed by atoms with Crippen molar-refractivity contribution in [1.29, 1.82) is 0 Å². The van der Waals surface area contributed by atoms with Crippen LogP contribution < -0.4 is 36.1 Å². The van der Waals surface area contributed by atoms with Crippen molar-refractivity contribution in [2.45, 2.75) is 73.1 Å². The number of ether oxygens (including phenoxy) is 2. The number of rotatable bonds is 26. The second kappa shape index (κ2) is 26.0. The molecule has 5 N–H and O–H groups in total. The number of nitrogens with zero attached hydrogens (tertiary/aromatic N) is 2. The van der Waals surface area contributed by atoms with Crippen molar-refractivity contribution in [3.63, 3.8) is 0 Å². The maximum Gasteiger partial charge on any atom is 0.261 e. The van der Waals surface area contributed by atoms with E-state index < -0.39 is 54.6 Å². The Labute approximate surface area is 301 Å². The molecule has 1 aromatic carbocycles. The van der Waals surface area contributed by atoms with Gasteiger partial charge in [0.1, 0.15) is 37.7 Å². The first-order valence-electron chi connectivity index (χ1n) is 17.8. The second-order valence-electron chi connectivity index (χ2n) is 11.8. The molecule has 1 rings (SSSR count). The maximum absolute atomic E-state index is 13.2. The Hall–Kier alpha value is -4.89. The Morgan fingerprint density at radius 1 is 0.490 bits per heavy atom. The summed E-state index contributed by atoms with van der Waals surface area (Å²) >= 11 is 0. The van der Waals surface area contributed by atoms with Crippen LogP contribution in [-0.4, -0.2) is 123 Å². The van der Waals surface area contributed by atoms with E-state index in [4.69, 9.17) is 9.47 Å². The minimum Gasteiger partial charge on any atom is -0.484 e. The van der Waals surface area contributed by atoms with Gasteiger partial charge in [-0.1, -0.05) is 41.0 Å². The smallest absolute Gasteiger partial charge is 0.261 e. The average Bonchev–Trinajstić information content (AvgIpc) is 3.11. The minimum absolute atomic E-state index is 0.0505. The zero-order chi connectivity index (χ0) is 38.0. The molecule has 1 aromatic rings. The van der Waals surface area contributed by atoms with E-state index in [1.807, 2.05) is 34.6 Å². The van der Waals surface area contributed by atoms with Crippen LogP contribution in [0.3, 0.4) is 0 Å². The van der Waals surface area contributed by atoms with Crippen molar-refractivity contribution < 1.29 is 43.0 Å². The van der Waals surface area contributed by atoms with Crippen LogP contribution >= 0.6 is 0 Å². The number of amides is 7. The summed E-state index contributed by atoms with van der Waals surface area (Å²) in [4.78, 5) is 91.3. The zero-order valence-corrected chi connectivity index (χ0v) is 30.8. The van der Waals surface area contributed by atoms with Gasteiger partial charge in [-0.15, -0.1) is 0 Å². The molecule has 0 saturated carbocycles. The highest BCUT2D eigenvalue weighted by Gasteiger charge is 2.23. The molecule has 0 aliphatic carbocycles. The fraction of sp³-hybridized carbons (Fsp3) is 0.629. The first-order chi connectivity index (χ1) is 24.5. The molecule has 0 spiro atoms.